The lowest BCUT2D eigenvalue weighted by atomic mass is 10.0. The summed E-state index contributed by atoms with van der Waals surface area (Å²) in [5.41, 5.74) is 5.56. The van der Waals surface area contributed by atoms with Gasteiger partial charge in [0.25, 0.3) is 0 Å². The molecule has 0 fully saturated rings. The molecule has 0 saturated heterocycles. The molecule has 0 rings (SSSR count). The third kappa shape index (κ3) is 5.12. The van der Waals surface area contributed by atoms with Gasteiger partial charge in [-0.2, -0.15) is 0 Å². The molecule has 0 aromatic carbocycles. The Balaban J connectivity index is 4.69. The highest BCUT2D eigenvalue weighted by Crippen LogP contribution is 2.11. The average Bonchev–Trinajstić information content (AvgIpc) is 2.31. The van der Waals surface area contributed by atoms with Crippen molar-refractivity contribution in [2.24, 2.45) is 11.7 Å². The summed E-state index contributed by atoms with van der Waals surface area (Å²) in [6, 6.07) is 0. The number of nitrogens with zero attached hydrogens (tertiary/aromatic N) is 1. The molecule has 0 aliphatic rings. The number of nitrogens with one attached hydrogen (secondary N) is 1. The summed E-state index contributed by atoms with van der Waals surface area (Å²) in [4.78, 5) is 25.1. The Bertz CT molecular complexity index is 294. The summed E-state index contributed by atoms with van der Waals surface area (Å²) in [6.45, 7) is 4.31. The fraction of sp³-hybridized carbons (Fsp3) is 0.727. The first-order chi connectivity index (χ1) is 7.97. The van der Waals surface area contributed by atoms with Crippen LogP contribution >= 0.6 is 12.2 Å². The van der Waals surface area contributed by atoms with Crippen molar-refractivity contribution in [3.8, 4) is 0 Å². The van der Waals surface area contributed by atoms with E-state index < -0.39 is 5.92 Å². The van der Waals surface area contributed by atoms with Gasteiger partial charge >= 0.3 is 0 Å². The predicted molar refractivity (Wildman–Crippen MR) is 71.5 cm³/mol. The van der Waals surface area contributed by atoms with Crippen LogP contribution in [0.3, 0.4) is 0 Å². The van der Waals surface area contributed by atoms with Crippen LogP contribution in [0.2, 0.25) is 0 Å². The normalized spacial score (nSPS) is 11.7. The summed E-state index contributed by atoms with van der Waals surface area (Å²) in [7, 11) is 1.54. The number of hydrogen-bond donors (Lipinski definition) is 2. The van der Waals surface area contributed by atoms with Gasteiger partial charge in [0, 0.05) is 13.6 Å². The molecule has 5 nitrogen and oxygen atoms in total. The van der Waals surface area contributed by atoms with E-state index in [1.165, 1.54) is 11.9 Å². The van der Waals surface area contributed by atoms with Crippen LogP contribution in [0, 0.1) is 5.92 Å². The third-order valence-electron chi connectivity index (χ3n) is 2.53. The van der Waals surface area contributed by atoms with Crippen molar-refractivity contribution < 1.29 is 9.59 Å². The summed E-state index contributed by atoms with van der Waals surface area (Å²) < 4.78 is 0. The molecular formula is C11H21N3O2S. The van der Waals surface area contributed by atoms with Crippen molar-refractivity contribution in [3.05, 3.63) is 0 Å². The zero-order valence-corrected chi connectivity index (χ0v) is 11.5. The number of carbonyl (C=O) groups is 2. The smallest absolute Gasteiger partial charge is 0.239 e. The van der Waals surface area contributed by atoms with E-state index in [1.807, 2.05) is 13.8 Å². The molecule has 6 heteroatoms. The van der Waals surface area contributed by atoms with Crippen LogP contribution in [0.15, 0.2) is 0 Å². The lowest BCUT2D eigenvalue weighted by Gasteiger charge is -2.24. The molecule has 0 spiro atoms. The van der Waals surface area contributed by atoms with Crippen molar-refractivity contribution >= 4 is 29.0 Å². The minimum atomic E-state index is -0.459. The zero-order chi connectivity index (χ0) is 13.4. The Morgan fingerprint density at radius 1 is 1.41 bits per heavy atom. The fourth-order valence-corrected chi connectivity index (χ4v) is 1.71. The van der Waals surface area contributed by atoms with Crippen LogP contribution < -0.4 is 11.1 Å². The predicted octanol–water partition coefficient (Wildman–Crippen LogP) is 0.283. The van der Waals surface area contributed by atoms with E-state index in [0.717, 1.165) is 6.42 Å². The SMILES string of the molecule is CCCC(C(=O)N(CC)CC(=O)NC)C(N)=S. The van der Waals surface area contributed by atoms with E-state index in [1.54, 1.807) is 0 Å². The zero-order valence-electron chi connectivity index (χ0n) is 10.7. The number of amides is 2. The molecule has 0 radical (unpaired) electrons. The maximum absolute atomic E-state index is 12.1. The number of carbonyl (C=O) groups excluding carboxylic acids is 2. The molecule has 0 aromatic heterocycles. The highest BCUT2D eigenvalue weighted by molar-refractivity contribution is 7.80. The molecule has 0 heterocycles. The summed E-state index contributed by atoms with van der Waals surface area (Å²) in [5, 5.41) is 2.49. The fourth-order valence-electron chi connectivity index (χ4n) is 1.49. The summed E-state index contributed by atoms with van der Waals surface area (Å²) in [6.07, 6.45) is 1.45. The molecule has 0 bridgehead atoms. The molecule has 1 unspecified atom stereocenters. The van der Waals surface area contributed by atoms with Gasteiger partial charge in [-0.05, 0) is 13.3 Å². The van der Waals surface area contributed by atoms with Crippen LogP contribution in [-0.4, -0.2) is 41.8 Å². The van der Waals surface area contributed by atoms with Crippen molar-refractivity contribution in [1.29, 1.82) is 0 Å². The highest BCUT2D eigenvalue weighted by Gasteiger charge is 2.26. The van der Waals surface area contributed by atoms with Gasteiger partial charge in [0.2, 0.25) is 11.8 Å². The first-order valence-corrected chi connectivity index (χ1v) is 6.17. The number of rotatable bonds is 7. The summed E-state index contributed by atoms with van der Waals surface area (Å²) >= 11 is 4.90. The molecule has 17 heavy (non-hydrogen) atoms. The number of likely N-dealkylation sites (N-methyl/N-ethyl adjacent to an activating group) is 2. The van der Waals surface area contributed by atoms with Gasteiger partial charge in [-0.25, -0.2) is 0 Å². The van der Waals surface area contributed by atoms with Crippen molar-refractivity contribution in [3.63, 3.8) is 0 Å². The first kappa shape index (κ1) is 15.8. The average molecular weight is 259 g/mol. The van der Waals surface area contributed by atoms with E-state index in [9.17, 15) is 9.59 Å². The van der Waals surface area contributed by atoms with E-state index in [0.29, 0.717) is 13.0 Å². The first-order valence-electron chi connectivity index (χ1n) is 5.76. The van der Waals surface area contributed by atoms with Crippen molar-refractivity contribution in [1.82, 2.24) is 10.2 Å². The second-order valence-corrected chi connectivity index (χ2v) is 4.24. The third-order valence-corrected chi connectivity index (χ3v) is 2.81. The second kappa shape index (κ2) is 8.00. The van der Waals surface area contributed by atoms with Gasteiger partial charge in [0.15, 0.2) is 0 Å². The second-order valence-electron chi connectivity index (χ2n) is 3.77. The van der Waals surface area contributed by atoms with Gasteiger partial charge in [0.05, 0.1) is 17.5 Å². The van der Waals surface area contributed by atoms with E-state index in [-0.39, 0.29) is 23.3 Å². The summed E-state index contributed by atoms with van der Waals surface area (Å²) in [5.74, 6) is -0.816. The Labute approximate surface area is 108 Å². The lowest BCUT2D eigenvalue weighted by Crippen LogP contribution is -2.45. The van der Waals surface area contributed by atoms with Crippen molar-refractivity contribution in [2.75, 3.05) is 20.1 Å². The van der Waals surface area contributed by atoms with Crippen LogP contribution in [0.25, 0.3) is 0 Å². The van der Waals surface area contributed by atoms with Gasteiger partial charge in [0.1, 0.15) is 0 Å². The van der Waals surface area contributed by atoms with Crippen LogP contribution in [0.1, 0.15) is 26.7 Å². The Hall–Kier alpha value is -1.17. The number of nitrogens with two attached hydrogens (primary N) is 1. The molecule has 0 aromatic rings. The highest BCUT2D eigenvalue weighted by atomic mass is 32.1. The van der Waals surface area contributed by atoms with Gasteiger partial charge in [-0.1, -0.05) is 25.6 Å². The maximum Gasteiger partial charge on any atom is 0.239 e. The molecule has 0 aliphatic heterocycles. The van der Waals surface area contributed by atoms with Gasteiger partial charge in [-0.15, -0.1) is 0 Å². The molecule has 1 atom stereocenters. The topological polar surface area (TPSA) is 75.4 Å². The lowest BCUT2D eigenvalue weighted by molar-refractivity contribution is -0.137. The van der Waals surface area contributed by atoms with Crippen LogP contribution in [0.4, 0.5) is 0 Å². The molecule has 3 N–H and O–H groups in total. The molecule has 98 valence electrons. The molecular weight excluding hydrogens is 238 g/mol. The van der Waals surface area contributed by atoms with Gasteiger partial charge in [-0.3, -0.25) is 9.59 Å². The number of thiocarbonyl (C=S) groups is 1. The molecule has 2 amide bonds. The van der Waals surface area contributed by atoms with E-state index in [4.69, 9.17) is 18.0 Å². The maximum atomic E-state index is 12.1. The Morgan fingerprint density at radius 3 is 2.35 bits per heavy atom. The van der Waals surface area contributed by atoms with Crippen LogP contribution in [0.5, 0.6) is 0 Å². The molecule has 0 aliphatic carbocycles. The minimum absolute atomic E-state index is 0.0503. The van der Waals surface area contributed by atoms with Crippen molar-refractivity contribution in [2.45, 2.75) is 26.7 Å². The monoisotopic (exact) mass is 259 g/mol. The van der Waals surface area contributed by atoms with E-state index >= 15 is 0 Å². The Kier molecular flexibility index (Phi) is 7.45. The van der Waals surface area contributed by atoms with Gasteiger partial charge < -0.3 is 16.0 Å². The minimum Gasteiger partial charge on any atom is -0.393 e. The Morgan fingerprint density at radius 2 is 2.00 bits per heavy atom. The standard InChI is InChI=1S/C11H21N3O2S/c1-4-6-8(10(12)17)11(16)14(5-2)7-9(15)13-3/h8H,4-7H2,1-3H3,(H2,12,17)(H,13,15). The van der Waals surface area contributed by atoms with Crippen LogP contribution in [-0.2, 0) is 9.59 Å². The number of hydrogen-bond acceptors (Lipinski definition) is 3. The quantitative estimate of drug-likeness (QED) is 0.644. The van der Waals surface area contributed by atoms with E-state index in [2.05, 4.69) is 5.32 Å². The molecule has 0 saturated carbocycles. The largest absolute Gasteiger partial charge is 0.393 e.